The number of aliphatic hydroxyl groups is 1. The molecule has 4 amide bonds. The van der Waals surface area contributed by atoms with Crippen molar-refractivity contribution >= 4 is 23.6 Å². The molecule has 10 nitrogen and oxygen atoms in total. The van der Waals surface area contributed by atoms with Gasteiger partial charge in [0.05, 0.1) is 18.2 Å². The lowest BCUT2D eigenvalue weighted by Crippen LogP contribution is -2.62. The van der Waals surface area contributed by atoms with Crippen molar-refractivity contribution in [3.05, 3.63) is 12.7 Å². The molecule has 2 saturated carbocycles. The smallest absolute Gasteiger partial charge is 0.315 e. The molecule has 3 rings (SSSR count). The van der Waals surface area contributed by atoms with Crippen molar-refractivity contribution in [3.8, 4) is 0 Å². The number of Topliss-reactive ketones (excluding diaryl/α,β-unsaturated/α-hetero) is 1. The summed E-state index contributed by atoms with van der Waals surface area (Å²) >= 11 is 0. The Hall–Kier alpha value is -2.46. The molecule has 0 bridgehead atoms. The maximum Gasteiger partial charge on any atom is 0.315 e. The first-order valence-electron chi connectivity index (χ1n) is 14.2. The van der Waals surface area contributed by atoms with Crippen molar-refractivity contribution in [2.24, 2.45) is 34.3 Å². The number of nitrogens with one attached hydrogen (secondary N) is 3. The molecule has 3 fully saturated rings. The number of hydrogen-bond acceptors (Lipinski definition) is 6. The van der Waals surface area contributed by atoms with Crippen molar-refractivity contribution in [1.82, 2.24) is 20.9 Å². The predicted molar refractivity (Wildman–Crippen MR) is 149 cm³/mol. The molecule has 3 aliphatic rings. The van der Waals surface area contributed by atoms with Crippen molar-refractivity contribution < 1.29 is 24.3 Å². The fourth-order valence-corrected chi connectivity index (χ4v) is 6.28. The van der Waals surface area contributed by atoms with Gasteiger partial charge in [-0.2, -0.15) is 0 Å². The van der Waals surface area contributed by atoms with Crippen LogP contribution in [-0.2, 0) is 14.4 Å². The monoisotopic (exact) mass is 547 g/mol. The van der Waals surface area contributed by atoms with E-state index in [9.17, 15) is 24.3 Å². The van der Waals surface area contributed by atoms with E-state index in [0.717, 1.165) is 19.3 Å². The fraction of sp³-hybridized carbons (Fsp3) is 0.793. The Labute approximate surface area is 232 Å². The van der Waals surface area contributed by atoms with Gasteiger partial charge in [-0.25, -0.2) is 4.79 Å². The van der Waals surface area contributed by atoms with Crippen LogP contribution in [0.1, 0.15) is 74.1 Å². The molecule has 1 saturated heterocycles. The molecule has 3 unspecified atom stereocenters. The number of likely N-dealkylation sites (tertiary alicyclic amines) is 1. The second-order valence-corrected chi connectivity index (χ2v) is 14.0. The van der Waals surface area contributed by atoms with E-state index in [2.05, 4.69) is 36.4 Å². The Kier molecular flexibility index (Phi) is 8.92. The van der Waals surface area contributed by atoms with Crippen molar-refractivity contribution in [1.29, 1.82) is 0 Å². The Bertz CT molecular complexity index is 983. The highest BCUT2D eigenvalue weighted by Crippen LogP contribution is 2.65. The van der Waals surface area contributed by atoms with Gasteiger partial charge in [-0.1, -0.05) is 53.0 Å². The number of urea groups is 1. The summed E-state index contributed by atoms with van der Waals surface area (Å²) in [6.07, 6.45) is 4.29. The maximum absolute atomic E-state index is 14.1. The Morgan fingerprint density at radius 3 is 2.26 bits per heavy atom. The summed E-state index contributed by atoms with van der Waals surface area (Å²) in [5.74, 6) is -1.31. The number of carbonyl (C=O) groups excluding carboxylic acids is 4. The molecule has 1 heterocycles. The van der Waals surface area contributed by atoms with Gasteiger partial charge in [0.15, 0.2) is 0 Å². The fourth-order valence-electron chi connectivity index (χ4n) is 6.28. The molecule has 0 radical (unpaired) electrons. The number of fused-ring (bicyclic) bond motifs is 1. The number of amides is 4. The minimum atomic E-state index is -0.989. The van der Waals surface area contributed by atoms with Gasteiger partial charge in [-0.05, 0) is 50.4 Å². The van der Waals surface area contributed by atoms with Gasteiger partial charge in [0.1, 0.15) is 6.04 Å². The van der Waals surface area contributed by atoms with E-state index in [1.807, 2.05) is 34.6 Å². The zero-order valence-electron chi connectivity index (χ0n) is 24.7. The van der Waals surface area contributed by atoms with Crippen LogP contribution >= 0.6 is 0 Å². The van der Waals surface area contributed by atoms with Gasteiger partial charge in [-0.3, -0.25) is 14.4 Å². The number of ketones is 1. The standard InChI is InChI=1S/C29H49N5O5/c1-9-28(5,6)23(32-26(39)33-27(2,3)4)25(38)34-15-17-20(29(17,7)8)21(34)19(35)14-31-18(22(36)24(30)37)13-16-11-10-12-16/h9,16-21,23,31,35H,1,10-15H2,2-8H3,(H2,30,37)(H2,32,33,39)/t17-,18?,19?,20-,21?,23+/m0/s1. The third-order valence-electron chi connectivity index (χ3n) is 9.15. The molecule has 6 atom stereocenters. The lowest BCUT2D eigenvalue weighted by atomic mass is 9.80. The number of primary amides is 1. The zero-order chi connectivity index (χ0) is 29.5. The van der Waals surface area contributed by atoms with Gasteiger partial charge in [0.25, 0.3) is 5.91 Å². The van der Waals surface area contributed by atoms with Crippen LogP contribution in [0, 0.1) is 28.6 Å². The van der Waals surface area contributed by atoms with Crippen LogP contribution in [-0.4, -0.2) is 76.5 Å². The molecular formula is C29H49N5O5. The summed E-state index contributed by atoms with van der Waals surface area (Å²) in [4.78, 5) is 52.7. The van der Waals surface area contributed by atoms with Gasteiger partial charge in [-0.15, -0.1) is 6.58 Å². The third kappa shape index (κ3) is 6.82. The number of nitrogens with zero attached hydrogens (tertiary/aromatic N) is 1. The summed E-state index contributed by atoms with van der Waals surface area (Å²) in [7, 11) is 0. The molecule has 2 aliphatic carbocycles. The average molecular weight is 548 g/mol. The lowest BCUT2D eigenvalue weighted by molar-refractivity contribution is -0.140. The van der Waals surface area contributed by atoms with E-state index in [1.165, 1.54) is 0 Å². The van der Waals surface area contributed by atoms with Crippen molar-refractivity contribution in [3.63, 3.8) is 0 Å². The second-order valence-electron chi connectivity index (χ2n) is 14.0. The minimum Gasteiger partial charge on any atom is -0.390 e. The summed E-state index contributed by atoms with van der Waals surface area (Å²) in [6, 6.07) is -2.62. The predicted octanol–water partition coefficient (Wildman–Crippen LogP) is 1.71. The Morgan fingerprint density at radius 2 is 1.77 bits per heavy atom. The highest BCUT2D eigenvalue weighted by Gasteiger charge is 2.69. The molecule has 10 heteroatoms. The van der Waals surface area contributed by atoms with Crippen molar-refractivity contribution in [2.75, 3.05) is 13.1 Å². The minimum absolute atomic E-state index is 0.0393. The van der Waals surface area contributed by atoms with Crippen molar-refractivity contribution in [2.45, 2.75) is 104 Å². The van der Waals surface area contributed by atoms with E-state index in [1.54, 1.807) is 11.0 Å². The highest BCUT2D eigenvalue weighted by atomic mass is 16.3. The highest BCUT2D eigenvalue weighted by molar-refractivity contribution is 6.37. The molecule has 0 aromatic heterocycles. The lowest BCUT2D eigenvalue weighted by Gasteiger charge is -2.40. The normalized spacial score (nSPS) is 26.5. The SMILES string of the molecule is C=CC(C)(C)[C@H](NC(=O)NC(C)(C)C)C(=O)N1C[C@H]2[C@@H](C1C(O)CNC(CC1CCC1)C(=O)C(N)=O)C2(C)C. The topological polar surface area (TPSA) is 154 Å². The second kappa shape index (κ2) is 11.2. The van der Waals surface area contributed by atoms with Gasteiger partial charge >= 0.3 is 6.03 Å². The number of rotatable bonds is 12. The van der Waals surface area contributed by atoms with E-state index in [-0.39, 0.29) is 29.7 Å². The molecule has 0 spiro atoms. The average Bonchev–Trinajstić information content (AvgIpc) is 3.13. The Balaban J connectivity index is 1.79. The van der Waals surface area contributed by atoms with Gasteiger partial charge in [0.2, 0.25) is 11.7 Å². The van der Waals surface area contributed by atoms with E-state index < -0.39 is 52.9 Å². The van der Waals surface area contributed by atoms with Gasteiger partial charge in [0, 0.05) is 24.0 Å². The quantitative estimate of drug-likeness (QED) is 0.185. The summed E-state index contributed by atoms with van der Waals surface area (Å²) in [6.45, 7) is 17.9. The first-order chi connectivity index (χ1) is 17.9. The molecule has 0 aromatic rings. The van der Waals surface area contributed by atoms with Crippen LogP contribution in [0.2, 0.25) is 0 Å². The summed E-state index contributed by atoms with van der Waals surface area (Å²) < 4.78 is 0. The van der Waals surface area contributed by atoms with Crippen LogP contribution in [0.3, 0.4) is 0 Å². The third-order valence-corrected chi connectivity index (χ3v) is 9.15. The van der Waals surface area contributed by atoms with Crippen LogP contribution in [0.5, 0.6) is 0 Å². The van der Waals surface area contributed by atoms with Crippen LogP contribution in [0.25, 0.3) is 0 Å². The number of hydrogen-bond donors (Lipinski definition) is 5. The Morgan fingerprint density at radius 1 is 1.15 bits per heavy atom. The molecular weight excluding hydrogens is 498 g/mol. The van der Waals surface area contributed by atoms with E-state index >= 15 is 0 Å². The molecule has 6 N–H and O–H groups in total. The first kappa shape index (κ1) is 31.1. The largest absolute Gasteiger partial charge is 0.390 e. The number of aliphatic hydroxyl groups excluding tert-OH is 1. The van der Waals surface area contributed by atoms with E-state index in [0.29, 0.717) is 18.9 Å². The number of piperidine rings is 1. The number of nitrogens with two attached hydrogens (primary N) is 1. The van der Waals surface area contributed by atoms with E-state index in [4.69, 9.17) is 5.73 Å². The molecule has 39 heavy (non-hydrogen) atoms. The summed E-state index contributed by atoms with van der Waals surface area (Å²) in [5, 5.41) is 20.2. The first-order valence-corrected chi connectivity index (χ1v) is 14.2. The summed E-state index contributed by atoms with van der Waals surface area (Å²) in [5.41, 5.74) is 4.01. The van der Waals surface area contributed by atoms with Gasteiger partial charge < -0.3 is 31.7 Å². The molecule has 0 aromatic carbocycles. The number of carbonyl (C=O) groups is 4. The van der Waals surface area contributed by atoms with Crippen LogP contribution in [0.15, 0.2) is 12.7 Å². The van der Waals surface area contributed by atoms with Crippen LogP contribution < -0.4 is 21.7 Å². The molecule has 220 valence electrons. The molecule has 1 aliphatic heterocycles. The maximum atomic E-state index is 14.1. The zero-order valence-corrected chi connectivity index (χ0v) is 24.7. The van der Waals surface area contributed by atoms with Crippen LogP contribution in [0.4, 0.5) is 4.79 Å².